The van der Waals surface area contributed by atoms with Gasteiger partial charge in [-0.3, -0.25) is 9.48 Å². The first kappa shape index (κ1) is 22.5. The molecular weight excluding hydrogens is 425 g/mol. The molecule has 1 amide bonds. The highest BCUT2D eigenvalue weighted by Crippen LogP contribution is 2.40. The van der Waals surface area contributed by atoms with Crippen LogP contribution in [0.1, 0.15) is 47.7 Å². The summed E-state index contributed by atoms with van der Waals surface area (Å²) in [5, 5.41) is 13.5. The number of carbonyl (C=O) groups excluding carboxylic acids is 1. The summed E-state index contributed by atoms with van der Waals surface area (Å²) >= 11 is 0. The molecule has 0 atom stereocenters. The second kappa shape index (κ2) is 9.44. The average molecular weight is 451 g/mol. The van der Waals surface area contributed by atoms with Crippen molar-refractivity contribution in [3.63, 3.8) is 0 Å². The number of aromatic nitrogens is 2. The first-order chi connectivity index (χ1) is 15.9. The number of carbonyl (C=O) groups is 2. The van der Waals surface area contributed by atoms with Crippen LogP contribution in [0.3, 0.4) is 0 Å². The Morgan fingerprint density at radius 3 is 2.82 bits per heavy atom. The van der Waals surface area contributed by atoms with Gasteiger partial charge in [-0.05, 0) is 43.5 Å². The second-order valence-electron chi connectivity index (χ2n) is 8.14. The zero-order valence-corrected chi connectivity index (χ0v) is 18.7. The molecule has 2 aromatic carbocycles. The minimum Gasteiger partial charge on any atom is -0.491 e. The van der Waals surface area contributed by atoms with E-state index >= 15 is 0 Å². The topological polar surface area (TPSA) is 84.7 Å². The Labute approximate surface area is 191 Å². The molecule has 0 radical (unpaired) electrons. The van der Waals surface area contributed by atoms with Crippen LogP contribution in [0.15, 0.2) is 42.7 Å². The number of anilines is 1. The molecule has 33 heavy (non-hydrogen) atoms. The zero-order chi connectivity index (χ0) is 23.5. The molecule has 3 aromatic rings. The summed E-state index contributed by atoms with van der Waals surface area (Å²) in [5.74, 6) is -1.02. The Morgan fingerprint density at radius 2 is 2.09 bits per heavy atom. The van der Waals surface area contributed by atoms with Crippen LogP contribution in [0.4, 0.5) is 10.1 Å². The van der Waals surface area contributed by atoms with E-state index in [2.05, 4.69) is 5.10 Å². The van der Waals surface area contributed by atoms with Crippen LogP contribution in [-0.2, 0) is 11.3 Å². The Bertz CT molecular complexity index is 1180. The van der Waals surface area contributed by atoms with Crippen LogP contribution in [-0.4, -0.2) is 39.9 Å². The van der Waals surface area contributed by atoms with Gasteiger partial charge in [0.05, 0.1) is 30.6 Å². The van der Waals surface area contributed by atoms with Crippen molar-refractivity contribution in [2.24, 2.45) is 0 Å². The van der Waals surface area contributed by atoms with E-state index in [1.165, 1.54) is 6.07 Å². The maximum absolute atomic E-state index is 14.6. The molecule has 2 heterocycles. The van der Waals surface area contributed by atoms with Crippen LogP contribution in [0, 0.1) is 12.7 Å². The Morgan fingerprint density at radius 1 is 1.27 bits per heavy atom. The second-order valence-corrected chi connectivity index (χ2v) is 8.14. The number of hydrogen-bond acceptors (Lipinski definition) is 4. The van der Waals surface area contributed by atoms with E-state index in [0.717, 1.165) is 35.7 Å². The van der Waals surface area contributed by atoms with Crippen molar-refractivity contribution in [1.82, 2.24) is 9.78 Å². The molecule has 7 nitrogen and oxygen atoms in total. The molecule has 0 bridgehead atoms. The lowest BCUT2D eigenvalue weighted by Gasteiger charge is -2.22. The van der Waals surface area contributed by atoms with E-state index in [9.17, 15) is 14.0 Å². The molecule has 0 saturated heterocycles. The van der Waals surface area contributed by atoms with E-state index in [4.69, 9.17) is 9.84 Å². The largest absolute Gasteiger partial charge is 0.491 e. The maximum Gasteiger partial charge on any atom is 0.335 e. The Balaban J connectivity index is 1.66. The molecule has 0 fully saturated rings. The Kier molecular flexibility index (Phi) is 6.44. The number of aryl methyl sites for hydroxylation is 1. The normalized spacial score (nSPS) is 13.2. The van der Waals surface area contributed by atoms with Crippen molar-refractivity contribution in [2.75, 3.05) is 18.1 Å². The molecule has 0 aliphatic carbocycles. The molecule has 4 rings (SSSR count). The van der Waals surface area contributed by atoms with Gasteiger partial charge in [0.25, 0.3) is 0 Å². The standard InChI is InChI=1S/C25H26FN3O4/c1-3-6-23(30)29-9-5-10-33-24-19(7-4-8-22(24)29)18-13-27-28(14-18)15-20-16(2)11-17(25(31)32)12-21(20)26/h4,7-8,11-14H,3,5-6,9-10,15H2,1-2H3,(H,31,32). The summed E-state index contributed by atoms with van der Waals surface area (Å²) < 4.78 is 22.2. The summed E-state index contributed by atoms with van der Waals surface area (Å²) in [6, 6.07) is 8.19. The first-order valence-electron chi connectivity index (χ1n) is 11.0. The summed E-state index contributed by atoms with van der Waals surface area (Å²) in [4.78, 5) is 25.6. The van der Waals surface area contributed by atoms with Crippen LogP contribution in [0.25, 0.3) is 11.1 Å². The lowest BCUT2D eigenvalue weighted by atomic mass is 10.0. The van der Waals surface area contributed by atoms with E-state index in [1.807, 2.05) is 25.1 Å². The monoisotopic (exact) mass is 451 g/mol. The predicted octanol–water partition coefficient (Wildman–Crippen LogP) is 4.66. The number of benzene rings is 2. The third-order valence-corrected chi connectivity index (χ3v) is 5.75. The molecule has 0 saturated carbocycles. The average Bonchev–Trinajstić information content (AvgIpc) is 3.13. The van der Waals surface area contributed by atoms with Crippen molar-refractivity contribution < 1.29 is 23.8 Å². The molecular formula is C25H26FN3O4. The lowest BCUT2D eigenvalue weighted by Crippen LogP contribution is -2.31. The van der Waals surface area contributed by atoms with Gasteiger partial charge in [-0.2, -0.15) is 5.10 Å². The van der Waals surface area contributed by atoms with Gasteiger partial charge in [-0.25, -0.2) is 9.18 Å². The summed E-state index contributed by atoms with van der Waals surface area (Å²) in [6.45, 7) is 4.95. The molecule has 1 aliphatic heterocycles. The number of nitrogens with zero attached hydrogens (tertiary/aromatic N) is 3. The van der Waals surface area contributed by atoms with Gasteiger partial charge >= 0.3 is 5.97 Å². The summed E-state index contributed by atoms with van der Waals surface area (Å²) in [7, 11) is 0. The molecule has 0 unspecified atom stereocenters. The highest BCUT2D eigenvalue weighted by Gasteiger charge is 2.24. The van der Waals surface area contributed by atoms with Crippen LogP contribution in [0.2, 0.25) is 0 Å². The van der Waals surface area contributed by atoms with Gasteiger partial charge in [0.2, 0.25) is 5.91 Å². The molecule has 172 valence electrons. The number of ether oxygens (including phenoxy) is 1. The SMILES string of the molecule is CCCC(=O)N1CCCOc2c(-c3cnn(Cc4c(C)cc(C(=O)O)cc4F)c3)cccc21. The number of para-hydroxylation sites is 1. The molecule has 8 heteroatoms. The highest BCUT2D eigenvalue weighted by atomic mass is 19.1. The number of rotatable bonds is 6. The lowest BCUT2D eigenvalue weighted by molar-refractivity contribution is -0.118. The molecule has 0 spiro atoms. The predicted molar refractivity (Wildman–Crippen MR) is 122 cm³/mol. The van der Waals surface area contributed by atoms with Crippen molar-refractivity contribution in [2.45, 2.75) is 39.7 Å². The fourth-order valence-corrected chi connectivity index (χ4v) is 4.09. The van der Waals surface area contributed by atoms with Crippen molar-refractivity contribution in [3.05, 3.63) is 65.2 Å². The minimum absolute atomic E-state index is 0.0767. The van der Waals surface area contributed by atoms with E-state index in [1.54, 1.807) is 28.9 Å². The number of hydrogen-bond donors (Lipinski definition) is 1. The fraction of sp³-hybridized carbons (Fsp3) is 0.320. The number of amides is 1. The van der Waals surface area contributed by atoms with Gasteiger partial charge in [-0.15, -0.1) is 0 Å². The number of fused-ring (bicyclic) bond motifs is 1. The van der Waals surface area contributed by atoms with Gasteiger partial charge in [0.15, 0.2) is 5.75 Å². The summed E-state index contributed by atoms with van der Waals surface area (Å²) in [5.41, 5.74) is 3.20. The van der Waals surface area contributed by atoms with E-state index < -0.39 is 11.8 Å². The van der Waals surface area contributed by atoms with Crippen LogP contribution < -0.4 is 9.64 Å². The van der Waals surface area contributed by atoms with Gasteiger partial charge < -0.3 is 14.7 Å². The number of carboxylic acids is 1. The van der Waals surface area contributed by atoms with Gasteiger partial charge in [-0.1, -0.05) is 19.1 Å². The minimum atomic E-state index is -1.17. The van der Waals surface area contributed by atoms with Crippen molar-refractivity contribution >= 4 is 17.6 Å². The van der Waals surface area contributed by atoms with E-state index in [-0.39, 0.29) is 18.0 Å². The molecule has 1 aromatic heterocycles. The smallest absolute Gasteiger partial charge is 0.335 e. The third-order valence-electron chi connectivity index (χ3n) is 5.75. The highest BCUT2D eigenvalue weighted by molar-refractivity contribution is 5.96. The number of carboxylic acid groups (broad SMARTS) is 1. The van der Waals surface area contributed by atoms with Gasteiger partial charge in [0, 0.05) is 35.9 Å². The maximum atomic E-state index is 14.6. The molecule has 1 N–H and O–H groups in total. The van der Waals surface area contributed by atoms with Crippen molar-refractivity contribution in [3.8, 4) is 16.9 Å². The first-order valence-corrected chi connectivity index (χ1v) is 11.0. The third kappa shape index (κ3) is 4.60. The van der Waals surface area contributed by atoms with Crippen LogP contribution in [0.5, 0.6) is 5.75 Å². The number of aromatic carboxylic acids is 1. The molecule has 1 aliphatic rings. The zero-order valence-electron chi connectivity index (χ0n) is 18.7. The summed E-state index contributed by atoms with van der Waals surface area (Å²) in [6.07, 6.45) is 5.48. The van der Waals surface area contributed by atoms with E-state index in [0.29, 0.717) is 36.4 Å². The Hall–Kier alpha value is -3.68. The fourth-order valence-electron chi connectivity index (χ4n) is 4.09. The number of halogens is 1. The van der Waals surface area contributed by atoms with Crippen molar-refractivity contribution in [1.29, 1.82) is 0 Å². The quantitative estimate of drug-likeness (QED) is 0.589. The van der Waals surface area contributed by atoms with Crippen LogP contribution >= 0.6 is 0 Å². The van der Waals surface area contributed by atoms with Gasteiger partial charge in [0.1, 0.15) is 5.82 Å².